The zero-order valence-electron chi connectivity index (χ0n) is 13.0. The van der Waals surface area contributed by atoms with Crippen LogP contribution in [-0.2, 0) is 12.3 Å². The van der Waals surface area contributed by atoms with Gasteiger partial charge in [-0.2, -0.15) is 0 Å². The first-order valence-electron chi connectivity index (χ1n) is 7.58. The van der Waals surface area contributed by atoms with E-state index in [1.807, 2.05) is 23.6 Å². The Labute approximate surface area is 150 Å². The van der Waals surface area contributed by atoms with E-state index < -0.39 is 0 Å². The maximum atomic E-state index is 13.4. The van der Waals surface area contributed by atoms with E-state index in [0.717, 1.165) is 5.56 Å². The highest BCUT2D eigenvalue weighted by atomic mass is 32.2. The Hall–Kier alpha value is -2.38. The normalized spacial score (nSPS) is 11.2. The standard InChI is InChI=1S/C18H13FN2O2S2/c19-13-4-1-3-12(9-13)11-25-18-20-15-6-8-24-16(15)17(22)21(18)10-14-5-2-7-23-14/h1-9H,10-11H2. The summed E-state index contributed by atoms with van der Waals surface area (Å²) < 4.78 is 21.0. The number of thioether (sulfide) groups is 1. The summed E-state index contributed by atoms with van der Waals surface area (Å²) in [5, 5.41) is 2.45. The number of hydrogen-bond acceptors (Lipinski definition) is 5. The lowest BCUT2D eigenvalue weighted by molar-refractivity contribution is 0.477. The van der Waals surface area contributed by atoms with Gasteiger partial charge in [0.2, 0.25) is 0 Å². The van der Waals surface area contributed by atoms with E-state index in [2.05, 4.69) is 4.98 Å². The molecule has 0 N–H and O–H groups in total. The van der Waals surface area contributed by atoms with Crippen LogP contribution < -0.4 is 5.56 Å². The fraction of sp³-hybridized carbons (Fsp3) is 0.111. The molecule has 0 amide bonds. The summed E-state index contributed by atoms with van der Waals surface area (Å²) in [6.45, 7) is 0.318. The summed E-state index contributed by atoms with van der Waals surface area (Å²) in [7, 11) is 0. The second kappa shape index (κ2) is 6.85. The van der Waals surface area contributed by atoms with Gasteiger partial charge < -0.3 is 4.42 Å². The number of halogens is 1. The molecule has 0 aliphatic heterocycles. The second-order valence-corrected chi connectivity index (χ2v) is 7.28. The summed E-state index contributed by atoms with van der Waals surface area (Å²) in [6.07, 6.45) is 1.58. The van der Waals surface area contributed by atoms with Gasteiger partial charge >= 0.3 is 0 Å². The molecule has 0 unspecified atom stereocenters. The van der Waals surface area contributed by atoms with Crippen LogP contribution in [0.5, 0.6) is 0 Å². The van der Waals surface area contributed by atoms with Crippen molar-refractivity contribution in [3.63, 3.8) is 0 Å². The number of nitrogens with zero attached hydrogens (tertiary/aromatic N) is 2. The molecule has 4 rings (SSSR count). The van der Waals surface area contributed by atoms with Gasteiger partial charge in [0, 0.05) is 5.75 Å². The predicted molar refractivity (Wildman–Crippen MR) is 97.7 cm³/mol. The molecule has 3 aromatic heterocycles. The van der Waals surface area contributed by atoms with Gasteiger partial charge in [-0.05, 0) is 41.3 Å². The summed E-state index contributed by atoms with van der Waals surface area (Å²) in [4.78, 5) is 17.4. The van der Waals surface area contributed by atoms with Gasteiger partial charge in [0.1, 0.15) is 16.3 Å². The zero-order valence-corrected chi connectivity index (χ0v) is 14.6. The first kappa shape index (κ1) is 16.1. The van der Waals surface area contributed by atoms with Crippen LogP contribution in [0.1, 0.15) is 11.3 Å². The van der Waals surface area contributed by atoms with Gasteiger partial charge in [-0.25, -0.2) is 9.37 Å². The number of rotatable bonds is 5. The van der Waals surface area contributed by atoms with E-state index in [1.165, 1.54) is 35.2 Å². The van der Waals surface area contributed by atoms with Crippen molar-refractivity contribution < 1.29 is 8.81 Å². The Morgan fingerprint density at radius 2 is 2.16 bits per heavy atom. The third kappa shape index (κ3) is 3.38. The highest BCUT2D eigenvalue weighted by molar-refractivity contribution is 7.98. The molecule has 3 heterocycles. The molecule has 0 spiro atoms. The van der Waals surface area contributed by atoms with Crippen LogP contribution in [0.25, 0.3) is 10.2 Å². The highest BCUT2D eigenvalue weighted by Crippen LogP contribution is 2.25. The van der Waals surface area contributed by atoms with Crippen molar-refractivity contribution in [2.45, 2.75) is 17.5 Å². The quantitative estimate of drug-likeness (QED) is 0.381. The molecule has 126 valence electrons. The molecule has 0 saturated heterocycles. The zero-order chi connectivity index (χ0) is 17.2. The van der Waals surface area contributed by atoms with Gasteiger partial charge in [0.15, 0.2) is 5.16 Å². The van der Waals surface area contributed by atoms with Crippen LogP contribution in [0.3, 0.4) is 0 Å². The molecule has 0 bridgehead atoms. The van der Waals surface area contributed by atoms with Crippen molar-refractivity contribution in [3.05, 3.63) is 81.6 Å². The molecular weight excluding hydrogens is 359 g/mol. The Kier molecular flexibility index (Phi) is 4.42. The van der Waals surface area contributed by atoms with Gasteiger partial charge in [0.25, 0.3) is 5.56 Å². The van der Waals surface area contributed by atoms with Gasteiger partial charge in [-0.1, -0.05) is 23.9 Å². The Bertz CT molecular complexity index is 1070. The molecule has 0 fully saturated rings. The van der Waals surface area contributed by atoms with E-state index in [1.54, 1.807) is 23.0 Å². The van der Waals surface area contributed by atoms with Crippen molar-refractivity contribution in [2.24, 2.45) is 0 Å². The minimum atomic E-state index is -0.271. The monoisotopic (exact) mass is 372 g/mol. The smallest absolute Gasteiger partial charge is 0.272 e. The molecule has 0 saturated carbocycles. The molecule has 0 aliphatic carbocycles. The molecule has 0 atom stereocenters. The molecule has 7 heteroatoms. The average Bonchev–Trinajstić information content (AvgIpc) is 3.27. The summed E-state index contributed by atoms with van der Waals surface area (Å²) in [5.41, 5.74) is 1.44. The first-order chi connectivity index (χ1) is 12.2. The lowest BCUT2D eigenvalue weighted by atomic mass is 10.2. The maximum Gasteiger partial charge on any atom is 0.272 e. The molecule has 4 aromatic rings. The number of hydrogen-bond donors (Lipinski definition) is 0. The third-order valence-electron chi connectivity index (χ3n) is 3.68. The molecule has 4 nitrogen and oxygen atoms in total. The highest BCUT2D eigenvalue weighted by Gasteiger charge is 2.14. The number of fused-ring (bicyclic) bond motifs is 1. The number of thiophene rings is 1. The lowest BCUT2D eigenvalue weighted by Crippen LogP contribution is -2.23. The number of benzene rings is 1. The summed E-state index contributed by atoms with van der Waals surface area (Å²) in [5.74, 6) is 0.942. The summed E-state index contributed by atoms with van der Waals surface area (Å²) in [6, 6.07) is 11.9. The van der Waals surface area contributed by atoms with Crippen molar-refractivity contribution in [1.29, 1.82) is 0 Å². The molecule has 0 aliphatic rings. The third-order valence-corrected chi connectivity index (χ3v) is 5.62. The number of furan rings is 1. The Balaban J connectivity index is 1.71. The minimum Gasteiger partial charge on any atom is -0.467 e. The maximum absolute atomic E-state index is 13.4. The van der Waals surface area contributed by atoms with E-state index in [9.17, 15) is 9.18 Å². The van der Waals surface area contributed by atoms with Gasteiger partial charge in [-0.3, -0.25) is 9.36 Å². The predicted octanol–water partition coefficient (Wildman–Crippen LogP) is 4.53. The van der Waals surface area contributed by atoms with Crippen LogP contribution >= 0.6 is 23.1 Å². The molecular formula is C18H13FN2O2S2. The van der Waals surface area contributed by atoms with Crippen LogP contribution in [0.4, 0.5) is 4.39 Å². The lowest BCUT2D eigenvalue weighted by Gasteiger charge is -2.11. The SMILES string of the molecule is O=c1c2sccc2nc(SCc2cccc(F)c2)n1Cc1ccco1. The number of aromatic nitrogens is 2. The minimum absolute atomic E-state index is 0.0851. The largest absolute Gasteiger partial charge is 0.467 e. The van der Waals surface area contributed by atoms with Crippen molar-refractivity contribution in [2.75, 3.05) is 0 Å². The Morgan fingerprint density at radius 3 is 2.96 bits per heavy atom. The van der Waals surface area contributed by atoms with Crippen LogP contribution in [-0.4, -0.2) is 9.55 Å². The van der Waals surface area contributed by atoms with Gasteiger partial charge in [0.05, 0.1) is 18.3 Å². The topological polar surface area (TPSA) is 48.0 Å². The van der Waals surface area contributed by atoms with Crippen LogP contribution in [0.2, 0.25) is 0 Å². The van der Waals surface area contributed by atoms with Crippen molar-refractivity contribution >= 4 is 33.3 Å². The van der Waals surface area contributed by atoms with Gasteiger partial charge in [-0.15, -0.1) is 11.3 Å². The molecule has 1 aromatic carbocycles. The average molecular weight is 372 g/mol. The van der Waals surface area contributed by atoms with Crippen molar-refractivity contribution in [1.82, 2.24) is 9.55 Å². The van der Waals surface area contributed by atoms with Crippen LogP contribution in [0.15, 0.2) is 68.5 Å². The van der Waals surface area contributed by atoms with E-state index in [-0.39, 0.29) is 11.4 Å². The fourth-order valence-electron chi connectivity index (χ4n) is 2.51. The molecule has 0 radical (unpaired) electrons. The fourth-order valence-corrected chi connectivity index (χ4v) is 4.23. The second-order valence-electron chi connectivity index (χ2n) is 5.42. The van der Waals surface area contributed by atoms with E-state index in [4.69, 9.17) is 4.42 Å². The van der Waals surface area contributed by atoms with E-state index in [0.29, 0.717) is 33.4 Å². The first-order valence-corrected chi connectivity index (χ1v) is 9.45. The van der Waals surface area contributed by atoms with Crippen LogP contribution in [0, 0.1) is 5.82 Å². The molecule has 25 heavy (non-hydrogen) atoms. The van der Waals surface area contributed by atoms with Crippen molar-refractivity contribution in [3.8, 4) is 0 Å². The summed E-state index contributed by atoms with van der Waals surface area (Å²) >= 11 is 2.79. The Morgan fingerprint density at radius 1 is 1.24 bits per heavy atom. The van der Waals surface area contributed by atoms with E-state index >= 15 is 0 Å².